The minimum Gasteiger partial charge on any atom is -0.490 e. The molecule has 0 aliphatic heterocycles. The van der Waals surface area contributed by atoms with E-state index in [1.165, 1.54) is 24.3 Å². The van der Waals surface area contributed by atoms with Crippen molar-refractivity contribution in [3.05, 3.63) is 84.4 Å². The molecule has 0 aromatic heterocycles. The van der Waals surface area contributed by atoms with Crippen molar-refractivity contribution in [3.63, 3.8) is 0 Å². The first kappa shape index (κ1) is 20.4. The molecule has 0 unspecified atom stereocenters. The Hall–Kier alpha value is -3.36. The minimum absolute atomic E-state index is 0.0134. The van der Waals surface area contributed by atoms with Gasteiger partial charge >= 0.3 is 0 Å². The number of sulfonamides is 1. The maximum atomic E-state index is 12.5. The molecule has 0 saturated carbocycles. The van der Waals surface area contributed by atoms with E-state index in [-0.39, 0.29) is 24.0 Å². The fourth-order valence-corrected chi connectivity index (χ4v) is 3.05. The number of amides is 1. The predicted molar refractivity (Wildman–Crippen MR) is 110 cm³/mol. The van der Waals surface area contributed by atoms with Gasteiger partial charge in [0.2, 0.25) is 10.0 Å². The van der Waals surface area contributed by atoms with Crippen molar-refractivity contribution in [2.75, 3.05) is 18.5 Å². The van der Waals surface area contributed by atoms with E-state index >= 15 is 0 Å². The second-order valence-electron chi connectivity index (χ2n) is 6.03. The van der Waals surface area contributed by atoms with Crippen molar-refractivity contribution < 1.29 is 22.7 Å². The SMILES string of the molecule is NS(=O)(=O)c1ccc(OCCOc2ccccc2C(=O)Nc2ccccc2)cc1. The Kier molecular flexibility index (Phi) is 6.48. The quantitative estimate of drug-likeness (QED) is 0.553. The molecule has 3 rings (SSSR count). The van der Waals surface area contributed by atoms with Crippen molar-refractivity contribution in [2.24, 2.45) is 5.14 Å². The number of benzene rings is 3. The Morgan fingerprint density at radius 1 is 0.828 bits per heavy atom. The summed E-state index contributed by atoms with van der Waals surface area (Å²) in [5.41, 5.74) is 1.10. The van der Waals surface area contributed by atoms with Crippen molar-refractivity contribution in [1.29, 1.82) is 0 Å². The molecule has 0 saturated heterocycles. The van der Waals surface area contributed by atoms with E-state index in [9.17, 15) is 13.2 Å². The number of nitrogens with one attached hydrogen (secondary N) is 1. The van der Waals surface area contributed by atoms with Crippen LogP contribution in [0.15, 0.2) is 83.8 Å². The molecule has 0 aliphatic carbocycles. The van der Waals surface area contributed by atoms with Crippen LogP contribution in [0.4, 0.5) is 5.69 Å². The van der Waals surface area contributed by atoms with Gasteiger partial charge in [0, 0.05) is 5.69 Å². The summed E-state index contributed by atoms with van der Waals surface area (Å²) in [4.78, 5) is 12.5. The molecule has 7 nitrogen and oxygen atoms in total. The first-order valence-corrected chi connectivity index (χ1v) is 10.3. The van der Waals surface area contributed by atoms with Gasteiger partial charge in [-0.3, -0.25) is 4.79 Å². The average molecular weight is 412 g/mol. The van der Waals surface area contributed by atoms with E-state index in [2.05, 4.69) is 5.32 Å². The van der Waals surface area contributed by atoms with Crippen molar-refractivity contribution >= 4 is 21.6 Å². The molecule has 0 aliphatic rings. The van der Waals surface area contributed by atoms with E-state index in [1.807, 2.05) is 18.2 Å². The van der Waals surface area contributed by atoms with Crippen LogP contribution in [-0.4, -0.2) is 27.5 Å². The number of ether oxygens (including phenoxy) is 2. The van der Waals surface area contributed by atoms with Crippen LogP contribution in [0.5, 0.6) is 11.5 Å². The summed E-state index contributed by atoms with van der Waals surface area (Å²) in [5.74, 6) is 0.650. The van der Waals surface area contributed by atoms with Gasteiger partial charge in [-0.2, -0.15) is 0 Å². The zero-order valence-electron chi connectivity index (χ0n) is 15.4. The average Bonchev–Trinajstić information content (AvgIpc) is 2.72. The lowest BCUT2D eigenvalue weighted by atomic mass is 10.2. The van der Waals surface area contributed by atoms with Gasteiger partial charge in [-0.25, -0.2) is 13.6 Å². The van der Waals surface area contributed by atoms with Crippen molar-refractivity contribution in [1.82, 2.24) is 0 Å². The van der Waals surface area contributed by atoms with Gasteiger partial charge in [0.05, 0.1) is 10.5 Å². The minimum atomic E-state index is -3.73. The molecule has 3 aromatic rings. The summed E-state index contributed by atoms with van der Waals surface area (Å²) in [6.07, 6.45) is 0. The Bertz CT molecular complexity index is 1070. The summed E-state index contributed by atoms with van der Waals surface area (Å²) >= 11 is 0. The summed E-state index contributed by atoms with van der Waals surface area (Å²) in [6.45, 7) is 0.413. The van der Waals surface area contributed by atoms with E-state index in [4.69, 9.17) is 14.6 Å². The van der Waals surface area contributed by atoms with Crippen molar-refractivity contribution in [3.8, 4) is 11.5 Å². The van der Waals surface area contributed by atoms with Gasteiger partial charge in [-0.05, 0) is 48.5 Å². The second-order valence-corrected chi connectivity index (χ2v) is 7.59. The van der Waals surface area contributed by atoms with Crippen LogP contribution in [-0.2, 0) is 10.0 Å². The first-order valence-electron chi connectivity index (χ1n) is 8.77. The third-order valence-electron chi connectivity index (χ3n) is 3.93. The lowest BCUT2D eigenvalue weighted by Gasteiger charge is -2.12. The molecular formula is C21H20N2O5S. The van der Waals surface area contributed by atoms with E-state index < -0.39 is 10.0 Å². The lowest BCUT2D eigenvalue weighted by Crippen LogP contribution is -2.15. The van der Waals surface area contributed by atoms with Crippen LogP contribution in [0.2, 0.25) is 0 Å². The number of carbonyl (C=O) groups excluding carboxylic acids is 1. The number of anilines is 1. The molecule has 0 atom stereocenters. The molecule has 0 bridgehead atoms. The summed E-state index contributed by atoms with van der Waals surface area (Å²) in [6, 6.07) is 21.8. The number of primary sulfonamides is 1. The van der Waals surface area contributed by atoms with Crippen LogP contribution in [0.1, 0.15) is 10.4 Å². The molecule has 0 radical (unpaired) electrons. The van der Waals surface area contributed by atoms with Gasteiger partial charge in [0.15, 0.2) is 0 Å². The fraction of sp³-hybridized carbons (Fsp3) is 0.0952. The Morgan fingerprint density at radius 3 is 2.14 bits per heavy atom. The molecule has 1 amide bonds. The van der Waals surface area contributed by atoms with Crippen LogP contribution >= 0.6 is 0 Å². The fourth-order valence-electron chi connectivity index (χ4n) is 2.54. The maximum Gasteiger partial charge on any atom is 0.259 e. The van der Waals surface area contributed by atoms with Crippen LogP contribution in [0.3, 0.4) is 0 Å². The summed E-state index contributed by atoms with van der Waals surface area (Å²) in [5, 5.41) is 7.88. The van der Waals surface area contributed by atoms with Crippen LogP contribution in [0.25, 0.3) is 0 Å². The molecule has 29 heavy (non-hydrogen) atoms. The number of hydrogen-bond donors (Lipinski definition) is 2. The Morgan fingerprint density at radius 2 is 1.45 bits per heavy atom. The van der Waals surface area contributed by atoms with Crippen LogP contribution < -0.4 is 19.9 Å². The number of carbonyl (C=O) groups is 1. The Labute approximate surface area is 169 Å². The Balaban J connectivity index is 1.55. The van der Waals surface area contributed by atoms with Crippen LogP contribution in [0, 0.1) is 0 Å². The molecule has 0 fully saturated rings. The number of para-hydroxylation sites is 2. The third kappa shape index (κ3) is 5.81. The maximum absolute atomic E-state index is 12.5. The van der Waals surface area contributed by atoms with Gasteiger partial charge in [0.1, 0.15) is 24.7 Å². The van der Waals surface area contributed by atoms with E-state index in [0.29, 0.717) is 22.7 Å². The highest BCUT2D eigenvalue weighted by atomic mass is 32.2. The molecular weight excluding hydrogens is 392 g/mol. The van der Waals surface area contributed by atoms with E-state index in [1.54, 1.807) is 36.4 Å². The van der Waals surface area contributed by atoms with Gasteiger partial charge in [-0.15, -0.1) is 0 Å². The van der Waals surface area contributed by atoms with Gasteiger partial charge < -0.3 is 14.8 Å². The third-order valence-corrected chi connectivity index (χ3v) is 4.85. The highest BCUT2D eigenvalue weighted by molar-refractivity contribution is 7.89. The summed E-state index contributed by atoms with van der Waals surface area (Å²) < 4.78 is 33.7. The molecule has 0 heterocycles. The molecule has 3 N–H and O–H groups in total. The monoisotopic (exact) mass is 412 g/mol. The normalized spacial score (nSPS) is 10.9. The molecule has 8 heteroatoms. The smallest absolute Gasteiger partial charge is 0.259 e. The molecule has 3 aromatic carbocycles. The highest BCUT2D eigenvalue weighted by Crippen LogP contribution is 2.20. The van der Waals surface area contributed by atoms with Gasteiger partial charge in [0.25, 0.3) is 5.91 Å². The topological polar surface area (TPSA) is 108 Å². The predicted octanol–water partition coefficient (Wildman–Crippen LogP) is 3.04. The number of hydrogen-bond acceptors (Lipinski definition) is 5. The highest BCUT2D eigenvalue weighted by Gasteiger charge is 2.12. The first-order chi connectivity index (χ1) is 13.9. The lowest BCUT2D eigenvalue weighted by molar-refractivity contribution is 0.102. The molecule has 150 valence electrons. The van der Waals surface area contributed by atoms with Gasteiger partial charge in [-0.1, -0.05) is 30.3 Å². The number of nitrogens with two attached hydrogens (primary N) is 1. The zero-order chi connectivity index (χ0) is 20.7. The summed E-state index contributed by atoms with van der Waals surface area (Å²) in [7, 11) is -3.73. The standard InChI is InChI=1S/C21H20N2O5S/c22-29(25,26)18-12-10-17(11-13-18)27-14-15-28-20-9-5-4-8-19(20)21(24)23-16-6-2-1-3-7-16/h1-13H,14-15H2,(H,23,24)(H2,22,25,26). The largest absolute Gasteiger partial charge is 0.490 e. The molecule has 0 spiro atoms. The van der Waals surface area contributed by atoms with Crippen molar-refractivity contribution in [2.45, 2.75) is 4.90 Å². The zero-order valence-corrected chi connectivity index (χ0v) is 16.3. The second kappa shape index (κ2) is 9.22. The van der Waals surface area contributed by atoms with E-state index in [0.717, 1.165) is 0 Å². The number of rotatable bonds is 8.